The highest BCUT2D eigenvalue weighted by atomic mass is 16.5. The van der Waals surface area contributed by atoms with E-state index >= 15 is 0 Å². The summed E-state index contributed by atoms with van der Waals surface area (Å²) in [4.78, 5) is 4.22. The highest BCUT2D eigenvalue weighted by molar-refractivity contribution is 5.21. The first-order valence-electron chi connectivity index (χ1n) is 5.61. The summed E-state index contributed by atoms with van der Waals surface area (Å²) in [6.07, 6.45) is 2.82. The average molecular weight is 223 g/mol. The molecule has 4 heteroatoms. The molecule has 0 spiro atoms. The van der Waals surface area contributed by atoms with Gasteiger partial charge in [-0.2, -0.15) is 0 Å². The molecule has 0 bridgehead atoms. The van der Waals surface area contributed by atoms with E-state index in [0.717, 1.165) is 18.6 Å². The number of rotatable bonds is 4. The molecule has 0 aliphatic carbocycles. The van der Waals surface area contributed by atoms with Crippen LogP contribution in [0.25, 0.3) is 0 Å². The van der Waals surface area contributed by atoms with E-state index in [2.05, 4.69) is 4.98 Å². The van der Waals surface area contributed by atoms with E-state index < -0.39 is 0 Å². The number of hydrogen-bond donors (Lipinski definition) is 1. The summed E-state index contributed by atoms with van der Waals surface area (Å²) in [7, 11) is 0. The van der Waals surface area contributed by atoms with E-state index in [4.69, 9.17) is 14.6 Å². The van der Waals surface area contributed by atoms with Gasteiger partial charge in [0.15, 0.2) is 0 Å². The molecule has 2 heterocycles. The van der Waals surface area contributed by atoms with Gasteiger partial charge in [-0.25, -0.2) is 4.98 Å². The summed E-state index contributed by atoms with van der Waals surface area (Å²) in [5, 5.41) is 9.01. The lowest BCUT2D eigenvalue weighted by Crippen LogP contribution is -2.16. The van der Waals surface area contributed by atoms with Crippen molar-refractivity contribution in [2.45, 2.75) is 25.4 Å². The molecule has 0 saturated carbocycles. The first-order valence-corrected chi connectivity index (χ1v) is 5.61. The maximum atomic E-state index is 9.01. The van der Waals surface area contributed by atoms with Crippen LogP contribution >= 0.6 is 0 Å². The van der Waals surface area contributed by atoms with Gasteiger partial charge < -0.3 is 14.6 Å². The van der Waals surface area contributed by atoms with Gasteiger partial charge in [0.1, 0.15) is 6.10 Å². The first-order chi connectivity index (χ1) is 7.79. The second kappa shape index (κ2) is 5.27. The van der Waals surface area contributed by atoms with E-state index in [0.29, 0.717) is 12.5 Å². The second-order valence-corrected chi connectivity index (χ2v) is 4.12. The summed E-state index contributed by atoms with van der Waals surface area (Å²) in [6.45, 7) is 3.52. The van der Waals surface area contributed by atoms with Crippen molar-refractivity contribution in [1.82, 2.24) is 4.98 Å². The maximum Gasteiger partial charge on any atom is 0.213 e. The minimum Gasteiger partial charge on any atom is -0.472 e. The molecule has 0 unspecified atom stereocenters. The smallest absolute Gasteiger partial charge is 0.213 e. The Morgan fingerprint density at radius 3 is 3.06 bits per heavy atom. The monoisotopic (exact) mass is 223 g/mol. The summed E-state index contributed by atoms with van der Waals surface area (Å²) < 4.78 is 10.9. The largest absolute Gasteiger partial charge is 0.472 e. The Balaban J connectivity index is 1.96. The van der Waals surface area contributed by atoms with E-state index in [9.17, 15) is 0 Å². The fourth-order valence-corrected chi connectivity index (χ4v) is 1.63. The van der Waals surface area contributed by atoms with Gasteiger partial charge in [0.25, 0.3) is 0 Å². The topological polar surface area (TPSA) is 51.6 Å². The third kappa shape index (κ3) is 2.71. The molecule has 1 saturated heterocycles. The van der Waals surface area contributed by atoms with Gasteiger partial charge in [0, 0.05) is 31.2 Å². The predicted molar refractivity (Wildman–Crippen MR) is 59.6 cm³/mol. The van der Waals surface area contributed by atoms with Gasteiger partial charge >= 0.3 is 0 Å². The van der Waals surface area contributed by atoms with E-state index in [1.165, 1.54) is 0 Å². The van der Waals surface area contributed by atoms with Crippen LogP contribution in [0.4, 0.5) is 0 Å². The van der Waals surface area contributed by atoms with Crippen LogP contribution in [-0.2, 0) is 4.74 Å². The van der Waals surface area contributed by atoms with Crippen LogP contribution in [0.3, 0.4) is 0 Å². The average Bonchev–Trinajstić information content (AvgIpc) is 2.82. The summed E-state index contributed by atoms with van der Waals surface area (Å²) in [5.74, 6) is 0.751. The quantitative estimate of drug-likeness (QED) is 0.837. The first kappa shape index (κ1) is 11.4. The zero-order chi connectivity index (χ0) is 11.4. The van der Waals surface area contributed by atoms with Crippen LogP contribution in [0.5, 0.6) is 5.88 Å². The van der Waals surface area contributed by atoms with Crippen molar-refractivity contribution in [3.8, 4) is 5.88 Å². The van der Waals surface area contributed by atoms with Crippen molar-refractivity contribution in [2.24, 2.45) is 0 Å². The molecule has 1 aliphatic heterocycles. The molecule has 0 radical (unpaired) electrons. The normalized spacial score (nSPS) is 22.0. The van der Waals surface area contributed by atoms with Crippen molar-refractivity contribution >= 4 is 0 Å². The van der Waals surface area contributed by atoms with Crippen molar-refractivity contribution in [3.05, 3.63) is 23.9 Å². The van der Waals surface area contributed by atoms with Crippen molar-refractivity contribution < 1.29 is 14.6 Å². The molecular weight excluding hydrogens is 206 g/mol. The molecule has 1 aliphatic rings. The van der Waals surface area contributed by atoms with Gasteiger partial charge in [0.05, 0.1) is 13.2 Å². The molecule has 16 heavy (non-hydrogen) atoms. The third-order valence-corrected chi connectivity index (χ3v) is 2.78. The molecule has 88 valence electrons. The Bertz CT molecular complexity index is 320. The van der Waals surface area contributed by atoms with Crippen LogP contribution in [0, 0.1) is 0 Å². The highest BCUT2D eigenvalue weighted by Crippen LogP contribution is 2.18. The van der Waals surface area contributed by atoms with Gasteiger partial charge in [-0.3, -0.25) is 0 Å². The summed E-state index contributed by atoms with van der Waals surface area (Å²) >= 11 is 0. The number of aromatic nitrogens is 1. The number of ether oxygens (including phenoxy) is 2. The molecule has 2 atom stereocenters. The molecule has 2 rings (SSSR count). The van der Waals surface area contributed by atoms with Gasteiger partial charge in [-0.15, -0.1) is 0 Å². The minimum absolute atomic E-state index is 0.122. The minimum atomic E-state index is 0.122. The van der Waals surface area contributed by atoms with Crippen LogP contribution in [0.15, 0.2) is 18.3 Å². The third-order valence-electron chi connectivity index (χ3n) is 2.78. The van der Waals surface area contributed by atoms with Crippen molar-refractivity contribution in [1.29, 1.82) is 0 Å². The lowest BCUT2D eigenvalue weighted by molar-refractivity contribution is 0.138. The lowest BCUT2D eigenvalue weighted by atomic mass is 10.1. The lowest BCUT2D eigenvalue weighted by Gasteiger charge is -2.12. The molecule has 1 N–H and O–H groups in total. The summed E-state index contributed by atoms with van der Waals surface area (Å²) in [5.41, 5.74) is 1.03. The number of nitrogens with zero attached hydrogens (tertiary/aromatic N) is 1. The van der Waals surface area contributed by atoms with Gasteiger partial charge in [-0.05, 0) is 5.56 Å². The van der Waals surface area contributed by atoms with Crippen molar-refractivity contribution in [3.63, 3.8) is 0 Å². The Kier molecular flexibility index (Phi) is 3.74. The Morgan fingerprint density at radius 2 is 2.50 bits per heavy atom. The number of aliphatic hydroxyl groups excluding tert-OH is 1. The molecule has 1 aromatic heterocycles. The Labute approximate surface area is 95.2 Å². The van der Waals surface area contributed by atoms with Crippen LogP contribution in [0.1, 0.15) is 24.8 Å². The molecule has 1 fully saturated rings. The SMILES string of the molecule is C[C@@H](CO)c1ccc(O[C@H]2CCOC2)nc1. The van der Waals surface area contributed by atoms with Crippen LogP contribution in [0.2, 0.25) is 0 Å². The fourth-order valence-electron chi connectivity index (χ4n) is 1.63. The zero-order valence-corrected chi connectivity index (χ0v) is 9.43. The number of hydrogen-bond acceptors (Lipinski definition) is 4. The predicted octanol–water partition coefficient (Wildman–Crippen LogP) is 1.35. The molecular formula is C12H17NO3. The highest BCUT2D eigenvalue weighted by Gasteiger charge is 2.17. The molecule has 1 aromatic rings. The van der Waals surface area contributed by atoms with E-state index in [-0.39, 0.29) is 18.6 Å². The van der Waals surface area contributed by atoms with Crippen LogP contribution < -0.4 is 4.74 Å². The van der Waals surface area contributed by atoms with E-state index in [1.54, 1.807) is 6.20 Å². The number of aliphatic hydroxyl groups is 1. The molecule has 0 amide bonds. The summed E-state index contributed by atoms with van der Waals surface area (Å²) in [6, 6.07) is 3.79. The van der Waals surface area contributed by atoms with Gasteiger partial charge in [0.2, 0.25) is 5.88 Å². The Hall–Kier alpha value is -1.13. The van der Waals surface area contributed by atoms with Crippen LogP contribution in [-0.4, -0.2) is 36.0 Å². The van der Waals surface area contributed by atoms with Crippen molar-refractivity contribution in [2.75, 3.05) is 19.8 Å². The zero-order valence-electron chi connectivity index (χ0n) is 9.43. The Morgan fingerprint density at radius 1 is 1.62 bits per heavy atom. The second-order valence-electron chi connectivity index (χ2n) is 4.12. The maximum absolute atomic E-state index is 9.01. The molecule has 4 nitrogen and oxygen atoms in total. The number of pyridine rings is 1. The molecule has 0 aromatic carbocycles. The van der Waals surface area contributed by atoms with Gasteiger partial charge in [-0.1, -0.05) is 13.0 Å². The standard InChI is InChI=1S/C12H17NO3/c1-9(7-14)10-2-3-12(13-6-10)16-11-4-5-15-8-11/h2-3,6,9,11,14H,4-5,7-8H2,1H3/t9-,11-/m0/s1. The van der Waals surface area contributed by atoms with E-state index in [1.807, 2.05) is 19.1 Å². The fraction of sp³-hybridized carbons (Fsp3) is 0.583.